The fraction of sp³-hybridized carbons (Fsp3) is 0.667. The first-order chi connectivity index (χ1) is 3.27. The van der Waals surface area contributed by atoms with Gasteiger partial charge in [-0.3, -0.25) is 0 Å². The molecular formula is C3H5Cl2N2Na. The van der Waals surface area contributed by atoms with Gasteiger partial charge in [0.2, 0.25) is 0 Å². The summed E-state index contributed by atoms with van der Waals surface area (Å²) in [5.41, 5.74) is 0. The first-order valence-corrected chi connectivity index (χ1v) is 2.54. The normalized spacial score (nSPS) is 7.25. The summed E-state index contributed by atoms with van der Waals surface area (Å²) < 4.78 is 0. The molecule has 5 heteroatoms. The summed E-state index contributed by atoms with van der Waals surface area (Å²) in [5, 5.41) is 10.1. The van der Waals surface area contributed by atoms with E-state index in [1.54, 1.807) is 6.19 Å². The predicted octanol–water partition coefficient (Wildman–Crippen LogP) is 0.212. The zero-order chi connectivity index (χ0) is 5.70. The molecular weight excluding hydrogens is 158 g/mol. The zero-order valence-corrected chi connectivity index (χ0v) is 5.00. The van der Waals surface area contributed by atoms with Crippen molar-refractivity contribution in [2.75, 3.05) is 6.54 Å². The number of hydrogen-bond donors (Lipinski definition) is 1. The fourth-order valence-corrected chi connectivity index (χ4v) is 0.277. The second-order valence-corrected chi connectivity index (χ2v) is 2.16. The van der Waals surface area contributed by atoms with Crippen molar-refractivity contribution < 1.29 is 0 Å². The van der Waals surface area contributed by atoms with Gasteiger partial charge in [0.25, 0.3) is 0 Å². The monoisotopic (exact) mass is 162 g/mol. The van der Waals surface area contributed by atoms with Crippen LogP contribution in [0.15, 0.2) is 0 Å². The van der Waals surface area contributed by atoms with E-state index in [9.17, 15) is 0 Å². The molecule has 0 aromatic carbocycles. The van der Waals surface area contributed by atoms with Crippen LogP contribution in [0.1, 0.15) is 0 Å². The summed E-state index contributed by atoms with van der Waals surface area (Å²) in [6.45, 7) is 0.319. The molecule has 1 N–H and O–H groups in total. The van der Waals surface area contributed by atoms with E-state index >= 15 is 0 Å². The Balaban J connectivity index is 0. The molecule has 0 aliphatic rings. The first kappa shape index (κ1) is 11.6. The molecule has 0 heterocycles. The summed E-state index contributed by atoms with van der Waals surface area (Å²) in [5.74, 6) is 0. The Kier molecular flexibility index (Phi) is 11.5. The maximum atomic E-state index is 7.84. The molecule has 0 saturated heterocycles. The van der Waals surface area contributed by atoms with Crippen molar-refractivity contribution in [3.63, 3.8) is 0 Å². The van der Waals surface area contributed by atoms with Crippen molar-refractivity contribution in [2.45, 2.75) is 4.84 Å². The van der Waals surface area contributed by atoms with E-state index in [2.05, 4.69) is 5.32 Å². The van der Waals surface area contributed by atoms with Crippen molar-refractivity contribution >= 4 is 52.8 Å². The Morgan fingerprint density at radius 1 is 1.62 bits per heavy atom. The summed E-state index contributed by atoms with van der Waals surface area (Å²) in [7, 11) is 0. The van der Waals surface area contributed by atoms with Crippen LogP contribution in [0.5, 0.6) is 0 Å². The molecule has 0 saturated carbocycles. The number of nitriles is 1. The molecule has 0 spiro atoms. The number of rotatable bonds is 2. The average Bonchev–Trinajstić information content (AvgIpc) is 1.61. The van der Waals surface area contributed by atoms with Crippen LogP contribution in [0.2, 0.25) is 0 Å². The molecule has 0 amide bonds. The van der Waals surface area contributed by atoms with E-state index in [0.29, 0.717) is 6.54 Å². The van der Waals surface area contributed by atoms with Crippen molar-refractivity contribution in [3.05, 3.63) is 0 Å². The third-order valence-electron chi connectivity index (χ3n) is 0.335. The Bertz CT molecular complexity index is 79.8. The third kappa shape index (κ3) is 9.98. The van der Waals surface area contributed by atoms with Crippen molar-refractivity contribution in [2.24, 2.45) is 0 Å². The minimum atomic E-state index is -0.486. The number of hydrogen-bond acceptors (Lipinski definition) is 2. The van der Waals surface area contributed by atoms with E-state index in [4.69, 9.17) is 28.5 Å². The van der Waals surface area contributed by atoms with Gasteiger partial charge in [0, 0.05) is 0 Å². The molecule has 8 heavy (non-hydrogen) atoms. The molecule has 0 bridgehead atoms. The van der Waals surface area contributed by atoms with Crippen molar-refractivity contribution in [1.82, 2.24) is 5.32 Å². The summed E-state index contributed by atoms with van der Waals surface area (Å²) in [4.78, 5) is -0.486. The van der Waals surface area contributed by atoms with Gasteiger partial charge in [-0.1, -0.05) is 0 Å². The SMILES string of the molecule is N#CNCC(Cl)Cl.[NaH]. The molecule has 0 aliphatic heterocycles. The number of nitrogens with zero attached hydrogens (tertiary/aromatic N) is 1. The molecule has 0 aromatic heterocycles. The molecule has 0 aromatic rings. The molecule has 2 nitrogen and oxygen atoms in total. The molecule has 42 valence electrons. The number of nitrogens with one attached hydrogen (secondary N) is 1. The van der Waals surface area contributed by atoms with Crippen molar-refractivity contribution in [1.29, 1.82) is 5.26 Å². The number of halogens is 2. The van der Waals surface area contributed by atoms with Crippen LogP contribution in [-0.2, 0) is 0 Å². The summed E-state index contributed by atoms with van der Waals surface area (Å²) in [6.07, 6.45) is 1.68. The van der Waals surface area contributed by atoms with Crippen LogP contribution in [0.3, 0.4) is 0 Å². The first-order valence-electron chi connectivity index (χ1n) is 1.67. The maximum absolute atomic E-state index is 7.84. The van der Waals surface area contributed by atoms with Crippen LogP contribution >= 0.6 is 23.2 Å². The third-order valence-corrected chi connectivity index (χ3v) is 0.644. The van der Waals surface area contributed by atoms with E-state index in [0.717, 1.165) is 0 Å². The Morgan fingerprint density at radius 3 is 2.25 bits per heavy atom. The van der Waals surface area contributed by atoms with Gasteiger partial charge in [-0.2, -0.15) is 5.26 Å². The van der Waals surface area contributed by atoms with Crippen LogP contribution in [0, 0.1) is 11.5 Å². The quantitative estimate of drug-likeness (QED) is 0.273. The Labute approximate surface area is 80.4 Å². The fourth-order valence-electron chi connectivity index (χ4n) is 0.123. The molecule has 0 radical (unpaired) electrons. The molecule has 0 fully saturated rings. The minimum absolute atomic E-state index is 0. The van der Waals surface area contributed by atoms with Crippen molar-refractivity contribution in [3.8, 4) is 6.19 Å². The molecule has 0 aliphatic carbocycles. The van der Waals surface area contributed by atoms with Crippen LogP contribution in [0.4, 0.5) is 0 Å². The van der Waals surface area contributed by atoms with E-state index in [-0.39, 0.29) is 29.6 Å². The topological polar surface area (TPSA) is 35.8 Å². The van der Waals surface area contributed by atoms with E-state index in [1.165, 1.54) is 0 Å². The standard InChI is InChI=1S/C3H4Cl2N2.Na.H/c4-3(5)1-7-2-6;;/h3,7H,1H2;;. The van der Waals surface area contributed by atoms with Gasteiger partial charge in [-0.15, -0.1) is 23.2 Å². The Hall–Kier alpha value is 0.870. The second kappa shape index (κ2) is 7.87. The van der Waals surface area contributed by atoms with Gasteiger partial charge >= 0.3 is 29.6 Å². The van der Waals surface area contributed by atoms with E-state index < -0.39 is 4.84 Å². The Morgan fingerprint density at radius 2 is 2.12 bits per heavy atom. The second-order valence-electron chi connectivity index (χ2n) is 0.884. The molecule has 0 unspecified atom stereocenters. The average molecular weight is 163 g/mol. The van der Waals surface area contributed by atoms with Crippen LogP contribution < -0.4 is 5.32 Å². The zero-order valence-electron chi connectivity index (χ0n) is 3.49. The van der Waals surface area contributed by atoms with Gasteiger partial charge in [-0.05, 0) is 0 Å². The summed E-state index contributed by atoms with van der Waals surface area (Å²) in [6, 6.07) is 0. The van der Waals surface area contributed by atoms with Gasteiger partial charge < -0.3 is 5.32 Å². The predicted molar refractivity (Wildman–Crippen MR) is 36.3 cm³/mol. The molecule has 0 atom stereocenters. The van der Waals surface area contributed by atoms with Crippen LogP contribution in [-0.4, -0.2) is 40.9 Å². The van der Waals surface area contributed by atoms with Gasteiger partial charge in [-0.25, -0.2) is 0 Å². The summed E-state index contributed by atoms with van der Waals surface area (Å²) >= 11 is 10.4. The van der Waals surface area contributed by atoms with Gasteiger partial charge in [0.05, 0.1) is 6.54 Å². The van der Waals surface area contributed by atoms with Gasteiger partial charge in [0.1, 0.15) is 4.84 Å². The van der Waals surface area contributed by atoms with Crippen LogP contribution in [0.25, 0.3) is 0 Å². The number of alkyl halides is 2. The molecule has 0 rings (SSSR count). The van der Waals surface area contributed by atoms with Gasteiger partial charge in [0.15, 0.2) is 6.19 Å². The van der Waals surface area contributed by atoms with E-state index in [1.807, 2.05) is 0 Å².